The van der Waals surface area contributed by atoms with Crippen molar-refractivity contribution in [2.24, 2.45) is 10.9 Å². The summed E-state index contributed by atoms with van der Waals surface area (Å²) < 4.78 is 0. The Hall–Kier alpha value is -1.80. The van der Waals surface area contributed by atoms with Gasteiger partial charge in [0.05, 0.1) is 6.04 Å². The lowest BCUT2D eigenvalue weighted by Crippen LogP contribution is -2.44. The second-order valence-electron chi connectivity index (χ2n) is 8.44. The highest BCUT2D eigenvalue weighted by Crippen LogP contribution is 2.25. The first-order valence-electron chi connectivity index (χ1n) is 11.4. The quantitative estimate of drug-likeness (QED) is 0.319. The van der Waals surface area contributed by atoms with Gasteiger partial charge in [-0.25, -0.2) is 0 Å². The van der Waals surface area contributed by atoms with Gasteiger partial charge in [0.25, 0.3) is 0 Å². The molecule has 2 aliphatic rings. The van der Waals surface area contributed by atoms with E-state index in [1.54, 1.807) is 0 Å². The molecule has 0 amide bonds. The van der Waals surface area contributed by atoms with E-state index in [0.29, 0.717) is 12.0 Å². The number of hydrogen-bond donors (Lipinski definition) is 2. The molecular formula is C25H36IN5. The van der Waals surface area contributed by atoms with Gasteiger partial charge in [-0.05, 0) is 56.0 Å². The van der Waals surface area contributed by atoms with Crippen molar-refractivity contribution in [3.05, 3.63) is 66.2 Å². The van der Waals surface area contributed by atoms with Crippen LogP contribution in [0, 0.1) is 5.92 Å². The Morgan fingerprint density at radius 1 is 0.968 bits per heavy atom. The predicted octanol–water partition coefficient (Wildman–Crippen LogP) is 4.13. The number of rotatable bonds is 7. The summed E-state index contributed by atoms with van der Waals surface area (Å²) in [5.41, 5.74) is 2.72. The lowest BCUT2D eigenvalue weighted by molar-refractivity contribution is 0.245. The van der Waals surface area contributed by atoms with Crippen LogP contribution in [0.3, 0.4) is 0 Å². The Balaban J connectivity index is 0.00000272. The zero-order valence-corrected chi connectivity index (χ0v) is 20.9. The molecule has 2 saturated heterocycles. The molecule has 0 aliphatic carbocycles. The summed E-state index contributed by atoms with van der Waals surface area (Å²) in [6, 6.07) is 22.0. The van der Waals surface area contributed by atoms with E-state index in [1.165, 1.54) is 43.6 Å². The van der Waals surface area contributed by atoms with Crippen LogP contribution in [0.25, 0.3) is 0 Å². The molecule has 5 nitrogen and oxygen atoms in total. The van der Waals surface area contributed by atoms with Crippen molar-refractivity contribution in [3.63, 3.8) is 0 Å². The Morgan fingerprint density at radius 3 is 2.32 bits per heavy atom. The van der Waals surface area contributed by atoms with Crippen molar-refractivity contribution < 1.29 is 0 Å². The van der Waals surface area contributed by atoms with E-state index in [1.807, 2.05) is 7.05 Å². The average Bonchev–Trinajstić information content (AvgIpc) is 3.50. The highest BCUT2D eigenvalue weighted by atomic mass is 127. The molecule has 2 aliphatic heterocycles. The third-order valence-electron chi connectivity index (χ3n) is 6.42. The maximum atomic E-state index is 4.48. The smallest absolute Gasteiger partial charge is 0.191 e. The number of nitrogens with one attached hydrogen (secondary N) is 2. The fraction of sp³-hybridized carbons (Fsp3) is 0.480. The molecule has 4 rings (SSSR count). The van der Waals surface area contributed by atoms with E-state index < -0.39 is 0 Å². The number of hydrogen-bond acceptors (Lipinski definition) is 3. The number of aliphatic imine (C=N–C) groups is 1. The van der Waals surface area contributed by atoms with Crippen LogP contribution in [0.4, 0.5) is 5.69 Å². The summed E-state index contributed by atoms with van der Waals surface area (Å²) >= 11 is 0. The first-order chi connectivity index (χ1) is 14.8. The molecule has 6 heteroatoms. The molecule has 0 radical (unpaired) electrons. The van der Waals surface area contributed by atoms with Gasteiger partial charge >= 0.3 is 0 Å². The Kier molecular flexibility index (Phi) is 9.46. The Morgan fingerprint density at radius 2 is 1.65 bits per heavy atom. The second-order valence-corrected chi connectivity index (χ2v) is 8.44. The third-order valence-corrected chi connectivity index (χ3v) is 6.42. The Bertz CT molecular complexity index is 792. The van der Waals surface area contributed by atoms with Gasteiger partial charge in [-0.3, -0.25) is 9.89 Å². The molecule has 0 spiro atoms. The number of para-hydroxylation sites is 1. The molecule has 2 unspecified atom stereocenters. The van der Waals surface area contributed by atoms with Gasteiger partial charge in [0, 0.05) is 38.9 Å². The molecule has 0 aromatic heterocycles. The second kappa shape index (κ2) is 12.3. The van der Waals surface area contributed by atoms with Crippen molar-refractivity contribution in [1.82, 2.24) is 15.5 Å². The molecule has 2 heterocycles. The molecule has 2 aromatic rings. The highest BCUT2D eigenvalue weighted by molar-refractivity contribution is 14.0. The topological polar surface area (TPSA) is 42.9 Å². The first kappa shape index (κ1) is 23.9. The molecule has 31 heavy (non-hydrogen) atoms. The van der Waals surface area contributed by atoms with E-state index in [2.05, 4.69) is 86.1 Å². The lowest BCUT2D eigenvalue weighted by atomic mass is 10.1. The molecule has 2 N–H and O–H groups in total. The molecule has 2 atom stereocenters. The predicted molar refractivity (Wildman–Crippen MR) is 142 cm³/mol. The van der Waals surface area contributed by atoms with Crippen molar-refractivity contribution >= 4 is 35.6 Å². The van der Waals surface area contributed by atoms with Gasteiger partial charge in [0.1, 0.15) is 0 Å². The van der Waals surface area contributed by atoms with Gasteiger partial charge < -0.3 is 15.5 Å². The molecule has 0 saturated carbocycles. The molecule has 2 fully saturated rings. The van der Waals surface area contributed by atoms with E-state index >= 15 is 0 Å². The molecule has 168 valence electrons. The van der Waals surface area contributed by atoms with E-state index in [0.717, 1.165) is 32.1 Å². The molecular weight excluding hydrogens is 497 g/mol. The van der Waals surface area contributed by atoms with Crippen LogP contribution in [-0.4, -0.2) is 57.2 Å². The van der Waals surface area contributed by atoms with E-state index in [9.17, 15) is 0 Å². The summed E-state index contributed by atoms with van der Waals surface area (Å²) in [5, 5.41) is 7.17. The van der Waals surface area contributed by atoms with Gasteiger partial charge in [-0.15, -0.1) is 24.0 Å². The summed E-state index contributed by atoms with van der Waals surface area (Å²) in [4.78, 5) is 9.57. The van der Waals surface area contributed by atoms with Crippen LogP contribution >= 0.6 is 24.0 Å². The van der Waals surface area contributed by atoms with Crippen molar-refractivity contribution in [2.75, 3.05) is 51.2 Å². The first-order valence-corrected chi connectivity index (χ1v) is 11.4. The summed E-state index contributed by atoms with van der Waals surface area (Å²) in [6.07, 6.45) is 3.82. The number of guanidine groups is 1. The lowest BCUT2D eigenvalue weighted by Gasteiger charge is -2.29. The summed E-state index contributed by atoms with van der Waals surface area (Å²) in [7, 11) is 1.87. The normalized spacial score (nSPS) is 20.4. The van der Waals surface area contributed by atoms with Crippen LogP contribution in [0.5, 0.6) is 0 Å². The van der Waals surface area contributed by atoms with Gasteiger partial charge in [-0.1, -0.05) is 48.5 Å². The average molecular weight is 534 g/mol. The fourth-order valence-corrected chi connectivity index (χ4v) is 4.71. The van der Waals surface area contributed by atoms with Gasteiger partial charge in [0.15, 0.2) is 5.96 Å². The Labute approximate surface area is 204 Å². The largest absolute Gasteiger partial charge is 0.371 e. The van der Waals surface area contributed by atoms with Crippen molar-refractivity contribution in [3.8, 4) is 0 Å². The summed E-state index contributed by atoms with van der Waals surface area (Å²) in [6.45, 7) is 6.45. The minimum Gasteiger partial charge on any atom is -0.371 e. The molecule has 2 aromatic carbocycles. The van der Waals surface area contributed by atoms with Gasteiger partial charge in [0.2, 0.25) is 0 Å². The highest BCUT2D eigenvalue weighted by Gasteiger charge is 2.25. The van der Waals surface area contributed by atoms with E-state index in [4.69, 9.17) is 0 Å². The van der Waals surface area contributed by atoms with E-state index in [-0.39, 0.29) is 24.0 Å². The van der Waals surface area contributed by atoms with Crippen molar-refractivity contribution in [2.45, 2.75) is 25.3 Å². The standard InChI is InChI=1S/C25H35N5.HI/c1-26-25(27-18-21-14-17-30(20-21)23-12-6-3-7-13-23)28-19-24(29-15-8-9-16-29)22-10-4-2-5-11-22;/h2-7,10-13,21,24H,8-9,14-20H2,1H3,(H2,26,27,28);1H. The zero-order valence-electron chi connectivity index (χ0n) is 18.5. The van der Waals surface area contributed by atoms with Crippen molar-refractivity contribution in [1.29, 1.82) is 0 Å². The van der Waals surface area contributed by atoms with Crippen LogP contribution in [-0.2, 0) is 0 Å². The minimum atomic E-state index is 0. The SMILES string of the molecule is CN=C(NCC1CCN(c2ccccc2)C1)NCC(c1ccccc1)N1CCCC1.I. The number of nitrogens with zero attached hydrogens (tertiary/aromatic N) is 3. The maximum Gasteiger partial charge on any atom is 0.191 e. The van der Waals surface area contributed by atoms with Crippen LogP contribution in [0.15, 0.2) is 65.7 Å². The fourth-order valence-electron chi connectivity index (χ4n) is 4.71. The number of likely N-dealkylation sites (tertiary alicyclic amines) is 1. The maximum absolute atomic E-state index is 4.48. The van der Waals surface area contributed by atoms with Crippen LogP contribution in [0.1, 0.15) is 30.9 Å². The monoisotopic (exact) mass is 533 g/mol. The summed E-state index contributed by atoms with van der Waals surface area (Å²) in [5.74, 6) is 1.56. The number of benzene rings is 2. The van der Waals surface area contributed by atoms with Gasteiger partial charge in [-0.2, -0.15) is 0 Å². The third kappa shape index (κ3) is 6.59. The zero-order chi connectivity index (χ0) is 20.6. The van der Waals surface area contributed by atoms with Crippen LogP contribution < -0.4 is 15.5 Å². The molecule has 0 bridgehead atoms. The number of halogens is 1. The van der Waals surface area contributed by atoms with Crippen LogP contribution in [0.2, 0.25) is 0 Å². The number of anilines is 1. The minimum absolute atomic E-state index is 0.